The molecule has 0 spiro atoms. The molecule has 0 bridgehead atoms. The number of hydrogen-bond acceptors (Lipinski definition) is 4. The molecule has 1 saturated heterocycles. The number of aromatic nitrogens is 3. The second kappa shape index (κ2) is 6.46. The molecule has 25 heavy (non-hydrogen) atoms. The van der Waals surface area contributed by atoms with Crippen molar-refractivity contribution in [2.75, 3.05) is 18.5 Å². The van der Waals surface area contributed by atoms with Crippen LogP contribution in [0.3, 0.4) is 0 Å². The molecule has 1 N–H and O–H groups in total. The van der Waals surface area contributed by atoms with E-state index in [1.54, 1.807) is 16.9 Å². The summed E-state index contributed by atoms with van der Waals surface area (Å²) in [7, 11) is 0. The average Bonchev–Trinajstić information content (AvgIpc) is 3.24. The summed E-state index contributed by atoms with van der Waals surface area (Å²) < 4.78 is 7.33. The Hall–Kier alpha value is -2.44. The van der Waals surface area contributed by atoms with E-state index in [9.17, 15) is 4.79 Å². The predicted molar refractivity (Wildman–Crippen MR) is 94.6 cm³/mol. The van der Waals surface area contributed by atoms with Crippen LogP contribution in [0, 0.1) is 5.41 Å². The van der Waals surface area contributed by atoms with Gasteiger partial charge in [0.1, 0.15) is 6.33 Å². The molecule has 4 rings (SSSR count). The number of rotatable bonds is 4. The summed E-state index contributed by atoms with van der Waals surface area (Å²) in [5, 5.41) is 11.5. The molecular formula is C18H17ClN4O2. The molecule has 0 radical (unpaired) electrons. The second-order valence-electron chi connectivity index (χ2n) is 6.36. The highest BCUT2D eigenvalue weighted by molar-refractivity contribution is 6.30. The van der Waals surface area contributed by atoms with Crippen molar-refractivity contribution in [3.8, 4) is 0 Å². The van der Waals surface area contributed by atoms with Gasteiger partial charge < -0.3 is 10.1 Å². The summed E-state index contributed by atoms with van der Waals surface area (Å²) in [6.45, 7) is 0.985. The second-order valence-corrected chi connectivity index (χ2v) is 6.79. The van der Waals surface area contributed by atoms with Gasteiger partial charge in [-0.3, -0.25) is 9.20 Å². The SMILES string of the molecule is O=C(Nc1ccc2nncn2c1)C1(Cc2cccc(Cl)c2)CCOC1. The van der Waals surface area contributed by atoms with Crippen LogP contribution in [0.1, 0.15) is 12.0 Å². The number of nitrogens with one attached hydrogen (secondary N) is 1. The van der Waals surface area contributed by atoms with Crippen LogP contribution in [0.25, 0.3) is 5.65 Å². The van der Waals surface area contributed by atoms with Gasteiger partial charge in [0.15, 0.2) is 5.65 Å². The van der Waals surface area contributed by atoms with E-state index < -0.39 is 5.41 Å². The number of benzene rings is 1. The molecule has 2 aromatic heterocycles. The summed E-state index contributed by atoms with van der Waals surface area (Å²) in [4.78, 5) is 13.0. The van der Waals surface area contributed by atoms with Gasteiger partial charge in [0.2, 0.25) is 5.91 Å². The minimum absolute atomic E-state index is 0.0441. The molecule has 1 atom stereocenters. The van der Waals surface area contributed by atoms with E-state index in [0.717, 1.165) is 11.2 Å². The Balaban J connectivity index is 1.58. The fraction of sp³-hybridized carbons (Fsp3) is 0.278. The van der Waals surface area contributed by atoms with Gasteiger partial charge in [0.05, 0.1) is 17.7 Å². The van der Waals surface area contributed by atoms with Gasteiger partial charge in [-0.15, -0.1) is 10.2 Å². The van der Waals surface area contributed by atoms with E-state index in [0.29, 0.717) is 36.8 Å². The third-order valence-electron chi connectivity index (χ3n) is 4.57. The van der Waals surface area contributed by atoms with Gasteiger partial charge in [-0.1, -0.05) is 23.7 Å². The summed E-state index contributed by atoms with van der Waals surface area (Å²) in [6.07, 6.45) is 4.68. The fourth-order valence-electron chi connectivity index (χ4n) is 3.21. The van der Waals surface area contributed by atoms with Gasteiger partial charge in [-0.05, 0) is 42.7 Å². The topological polar surface area (TPSA) is 68.5 Å². The van der Waals surface area contributed by atoms with Crippen molar-refractivity contribution in [1.29, 1.82) is 0 Å². The molecule has 3 aromatic rings. The lowest BCUT2D eigenvalue weighted by Gasteiger charge is -2.26. The molecule has 3 heterocycles. The van der Waals surface area contributed by atoms with Crippen LogP contribution in [0.2, 0.25) is 5.02 Å². The lowest BCUT2D eigenvalue weighted by atomic mass is 9.80. The minimum atomic E-state index is -0.590. The molecule has 0 saturated carbocycles. The van der Waals surface area contributed by atoms with E-state index in [4.69, 9.17) is 16.3 Å². The van der Waals surface area contributed by atoms with Crippen LogP contribution in [0.15, 0.2) is 48.9 Å². The van der Waals surface area contributed by atoms with Gasteiger partial charge in [-0.25, -0.2) is 0 Å². The number of halogens is 1. The summed E-state index contributed by atoms with van der Waals surface area (Å²) in [6, 6.07) is 11.3. The van der Waals surface area contributed by atoms with Crippen molar-refractivity contribution < 1.29 is 9.53 Å². The number of anilines is 1. The van der Waals surface area contributed by atoms with Gasteiger partial charge in [0.25, 0.3) is 0 Å². The number of nitrogens with zero attached hydrogens (tertiary/aromatic N) is 3. The monoisotopic (exact) mass is 356 g/mol. The van der Waals surface area contributed by atoms with Gasteiger partial charge in [-0.2, -0.15) is 0 Å². The third-order valence-corrected chi connectivity index (χ3v) is 4.80. The Morgan fingerprint density at radius 3 is 3.08 bits per heavy atom. The van der Waals surface area contributed by atoms with Crippen LogP contribution < -0.4 is 5.32 Å². The van der Waals surface area contributed by atoms with Crippen molar-refractivity contribution in [2.24, 2.45) is 5.41 Å². The summed E-state index contributed by atoms with van der Waals surface area (Å²) in [5.41, 5.74) is 1.88. The molecule has 1 fully saturated rings. The van der Waals surface area contributed by atoms with Crippen LogP contribution >= 0.6 is 11.6 Å². The Kier molecular flexibility index (Phi) is 4.15. The maximum Gasteiger partial charge on any atom is 0.233 e. The van der Waals surface area contributed by atoms with Gasteiger partial charge in [0, 0.05) is 17.8 Å². The summed E-state index contributed by atoms with van der Waals surface area (Å²) in [5.74, 6) is -0.0441. The first kappa shape index (κ1) is 16.1. The number of carbonyl (C=O) groups excluding carboxylic acids is 1. The molecular weight excluding hydrogens is 340 g/mol. The standard InChI is InChI=1S/C18H17ClN4O2/c19-14-3-1-2-13(8-14)9-18(6-7-25-11-18)17(24)21-15-4-5-16-22-20-12-23(16)10-15/h1-5,8,10,12H,6-7,9,11H2,(H,21,24). The average molecular weight is 357 g/mol. The van der Waals surface area contributed by atoms with Crippen molar-refractivity contribution in [3.05, 3.63) is 59.5 Å². The quantitative estimate of drug-likeness (QED) is 0.780. The van der Waals surface area contributed by atoms with Crippen LogP contribution in [-0.2, 0) is 16.0 Å². The minimum Gasteiger partial charge on any atom is -0.380 e. The smallest absolute Gasteiger partial charge is 0.233 e. The Labute approximate surface area is 149 Å². The molecule has 1 aliphatic rings. The summed E-state index contributed by atoms with van der Waals surface area (Å²) >= 11 is 6.08. The molecule has 6 nitrogen and oxygen atoms in total. The van der Waals surface area contributed by atoms with E-state index in [2.05, 4.69) is 15.5 Å². The van der Waals surface area contributed by atoms with E-state index in [1.165, 1.54) is 0 Å². The zero-order valence-electron chi connectivity index (χ0n) is 13.5. The van der Waals surface area contributed by atoms with Gasteiger partial charge >= 0.3 is 0 Å². The highest BCUT2D eigenvalue weighted by atomic mass is 35.5. The zero-order chi connectivity index (χ0) is 17.3. The molecule has 7 heteroatoms. The first-order valence-electron chi connectivity index (χ1n) is 8.08. The van der Waals surface area contributed by atoms with Crippen molar-refractivity contribution in [3.63, 3.8) is 0 Å². The molecule has 128 valence electrons. The van der Waals surface area contributed by atoms with Crippen LogP contribution in [0.4, 0.5) is 5.69 Å². The van der Waals surface area contributed by atoms with E-state index >= 15 is 0 Å². The number of amides is 1. The Morgan fingerprint density at radius 2 is 2.28 bits per heavy atom. The van der Waals surface area contributed by atoms with Crippen molar-refractivity contribution >= 4 is 28.8 Å². The van der Waals surface area contributed by atoms with E-state index in [1.807, 2.05) is 36.4 Å². The molecule has 0 aliphatic carbocycles. The highest BCUT2D eigenvalue weighted by Crippen LogP contribution is 2.34. The van der Waals surface area contributed by atoms with Crippen molar-refractivity contribution in [2.45, 2.75) is 12.8 Å². The van der Waals surface area contributed by atoms with Crippen molar-refractivity contribution in [1.82, 2.24) is 14.6 Å². The number of carbonyl (C=O) groups is 1. The molecule has 1 amide bonds. The Bertz CT molecular complexity index is 918. The maximum absolute atomic E-state index is 13.0. The number of pyridine rings is 1. The molecule has 1 unspecified atom stereocenters. The maximum atomic E-state index is 13.0. The largest absolute Gasteiger partial charge is 0.380 e. The lowest BCUT2D eigenvalue weighted by molar-refractivity contribution is -0.125. The molecule has 1 aromatic carbocycles. The fourth-order valence-corrected chi connectivity index (χ4v) is 3.42. The number of ether oxygens (including phenoxy) is 1. The third kappa shape index (κ3) is 3.23. The first-order valence-corrected chi connectivity index (χ1v) is 8.46. The first-order chi connectivity index (χ1) is 12.1. The highest BCUT2D eigenvalue weighted by Gasteiger charge is 2.42. The zero-order valence-corrected chi connectivity index (χ0v) is 14.2. The molecule has 1 aliphatic heterocycles. The lowest BCUT2D eigenvalue weighted by Crippen LogP contribution is -2.38. The number of fused-ring (bicyclic) bond motifs is 1. The van der Waals surface area contributed by atoms with Crippen LogP contribution in [0.5, 0.6) is 0 Å². The predicted octanol–water partition coefficient (Wildman–Crippen LogP) is 2.97. The Morgan fingerprint density at radius 1 is 1.36 bits per heavy atom. The number of hydrogen-bond donors (Lipinski definition) is 1. The van der Waals surface area contributed by atoms with E-state index in [-0.39, 0.29) is 5.91 Å². The normalized spacial score (nSPS) is 20.0. The van der Waals surface area contributed by atoms with Crippen LogP contribution in [-0.4, -0.2) is 33.7 Å².